The molecule has 2 atom stereocenters. The zero-order valence-electron chi connectivity index (χ0n) is 9.37. The minimum Gasteiger partial charge on any atom is -0.381 e. The van der Waals surface area contributed by atoms with E-state index in [0.29, 0.717) is 6.04 Å². The highest BCUT2D eigenvalue weighted by Crippen LogP contribution is 2.17. The molecule has 3 nitrogen and oxygen atoms in total. The van der Waals surface area contributed by atoms with E-state index in [2.05, 4.69) is 17.2 Å². The zero-order chi connectivity index (χ0) is 10.5. The van der Waals surface area contributed by atoms with E-state index < -0.39 is 0 Å². The van der Waals surface area contributed by atoms with Gasteiger partial charge in [-0.2, -0.15) is 0 Å². The summed E-state index contributed by atoms with van der Waals surface area (Å²) in [5, 5.41) is 4.57. The molecule has 2 aliphatic rings. The molecule has 2 heterocycles. The number of hydrogen-bond acceptors (Lipinski definition) is 3. The maximum atomic E-state index is 5.35. The van der Waals surface area contributed by atoms with Gasteiger partial charge in [-0.05, 0) is 32.1 Å². The van der Waals surface area contributed by atoms with Crippen LogP contribution in [0.15, 0.2) is 4.99 Å². The minimum absolute atomic E-state index is 0.597. The van der Waals surface area contributed by atoms with Gasteiger partial charge in [0.1, 0.15) is 0 Å². The normalized spacial score (nSPS) is 34.3. The van der Waals surface area contributed by atoms with E-state index in [0.717, 1.165) is 30.8 Å². The van der Waals surface area contributed by atoms with Gasteiger partial charge in [0.2, 0.25) is 0 Å². The van der Waals surface area contributed by atoms with E-state index >= 15 is 0 Å². The van der Waals surface area contributed by atoms with E-state index in [9.17, 15) is 0 Å². The first-order chi connectivity index (χ1) is 7.34. The standard InChI is InChI=1S/C11H20N2OS/c1-9-4-7-15-11(13-9)12-5-2-10-3-6-14-8-10/h9-10H,2-8H2,1H3,(H,12,13). The highest BCUT2D eigenvalue weighted by molar-refractivity contribution is 8.13. The predicted molar refractivity (Wildman–Crippen MR) is 65.5 cm³/mol. The van der Waals surface area contributed by atoms with Crippen molar-refractivity contribution in [2.45, 2.75) is 32.2 Å². The molecule has 0 bridgehead atoms. The first kappa shape index (κ1) is 11.3. The molecular weight excluding hydrogens is 208 g/mol. The van der Waals surface area contributed by atoms with Crippen molar-refractivity contribution in [1.29, 1.82) is 0 Å². The SMILES string of the molecule is CC1CCSC(=NCCC2CCOC2)N1. The lowest BCUT2D eigenvalue weighted by molar-refractivity contribution is 0.184. The molecule has 0 amide bonds. The van der Waals surface area contributed by atoms with Crippen molar-refractivity contribution in [2.24, 2.45) is 10.9 Å². The average Bonchev–Trinajstić information content (AvgIpc) is 2.71. The van der Waals surface area contributed by atoms with Gasteiger partial charge in [-0.3, -0.25) is 4.99 Å². The molecule has 15 heavy (non-hydrogen) atoms. The molecule has 4 heteroatoms. The quantitative estimate of drug-likeness (QED) is 0.801. The van der Waals surface area contributed by atoms with Crippen LogP contribution in [0, 0.1) is 5.92 Å². The molecule has 2 fully saturated rings. The van der Waals surface area contributed by atoms with Crippen LogP contribution in [-0.2, 0) is 4.74 Å². The van der Waals surface area contributed by atoms with Gasteiger partial charge in [0.25, 0.3) is 0 Å². The van der Waals surface area contributed by atoms with Crippen LogP contribution >= 0.6 is 11.8 Å². The van der Waals surface area contributed by atoms with Crippen molar-refractivity contribution in [1.82, 2.24) is 5.32 Å². The second kappa shape index (κ2) is 5.75. The maximum Gasteiger partial charge on any atom is 0.156 e. The van der Waals surface area contributed by atoms with Crippen molar-refractivity contribution in [3.8, 4) is 0 Å². The van der Waals surface area contributed by atoms with E-state index in [4.69, 9.17) is 4.74 Å². The van der Waals surface area contributed by atoms with E-state index in [1.807, 2.05) is 11.8 Å². The number of nitrogens with zero attached hydrogens (tertiary/aromatic N) is 1. The van der Waals surface area contributed by atoms with Crippen molar-refractivity contribution in [2.75, 3.05) is 25.5 Å². The Morgan fingerprint density at radius 3 is 3.20 bits per heavy atom. The Morgan fingerprint density at radius 1 is 1.53 bits per heavy atom. The lowest BCUT2D eigenvalue weighted by Crippen LogP contribution is -2.35. The topological polar surface area (TPSA) is 33.6 Å². The van der Waals surface area contributed by atoms with Gasteiger partial charge in [0.15, 0.2) is 5.17 Å². The average molecular weight is 228 g/mol. The first-order valence-electron chi connectivity index (χ1n) is 5.86. The highest BCUT2D eigenvalue weighted by atomic mass is 32.2. The molecule has 0 aromatic carbocycles. The van der Waals surface area contributed by atoms with Crippen LogP contribution in [0.1, 0.15) is 26.2 Å². The van der Waals surface area contributed by atoms with Crippen LogP contribution in [0.2, 0.25) is 0 Å². The second-order valence-corrected chi connectivity index (χ2v) is 5.47. The van der Waals surface area contributed by atoms with E-state index in [-0.39, 0.29) is 0 Å². The largest absolute Gasteiger partial charge is 0.381 e. The van der Waals surface area contributed by atoms with Gasteiger partial charge in [0, 0.05) is 31.6 Å². The van der Waals surface area contributed by atoms with Crippen LogP contribution in [0.4, 0.5) is 0 Å². The van der Waals surface area contributed by atoms with Crippen LogP contribution in [-0.4, -0.2) is 36.7 Å². The molecule has 2 unspecified atom stereocenters. The molecule has 0 saturated carbocycles. The number of thioether (sulfide) groups is 1. The maximum absolute atomic E-state index is 5.35. The summed E-state index contributed by atoms with van der Waals surface area (Å²) in [6, 6.07) is 0.597. The third-order valence-electron chi connectivity index (χ3n) is 2.98. The Hall–Kier alpha value is -0.220. The fraction of sp³-hybridized carbons (Fsp3) is 0.909. The van der Waals surface area contributed by atoms with E-state index in [1.165, 1.54) is 25.0 Å². The Morgan fingerprint density at radius 2 is 2.47 bits per heavy atom. The highest BCUT2D eigenvalue weighted by Gasteiger charge is 2.16. The van der Waals surface area contributed by atoms with Gasteiger partial charge in [-0.1, -0.05) is 11.8 Å². The molecule has 86 valence electrons. The summed E-state index contributed by atoms with van der Waals surface area (Å²) in [5.74, 6) is 1.96. The van der Waals surface area contributed by atoms with Crippen molar-refractivity contribution in [3.63, 3.8) is 0 Å². The van der Waals surface area contributed by atoms with Crippen LogP contribution in [0.25, 0.3) is 0 Å². The second-order valence-electron chi connectivity index (χ2n) is 4.39. The molecule has 0 aliphatic carbocycles. The molecule has 2 aliphatic heterocycles. The Kier molecular flexibility index (Phi) is 4.32. The Bertz CT molecular complexity index is 227. The smallest absolute Gasteiger partial charge is 0.156 e. The lowest BCUT2D eigenvalue weighted by Gasteiger charge is -2.21. The number of ether oxygens (including phenoxy) is 1. The predicted octanol–water partition coefficient (Wildman–Crippen LogP) is 1.88. The minimum atomic E-state index is 0.597. The third kappa shape index (κ3) is 3.68. The van der Waals surface area contributed by atoms with Crippen molar-refractivity contribution < 1.29 is 4.74 Å². The summed E-state index contributed by atoms with van der Waals surface area (Å²) < 4.78 is 5.35. The number of nitrogens with one attached hydrogen (secondary N) is 1. The number of aliphatic imine (C=N–C) groups is 1. The Labute approximate surface area is 96.1 Å². The number of hydrogen-bond donors (Lipinski definition) is 1. The third-order valence-corrected chi connectivity index (χ3v) is 3.94. The number of rotatable bonds is 3. The molecule has 0 radical (unpaired) electrons. The van der Waals surface area contributed by atoms with Gasteiger partial charge >= 0.3 is 0 Å². The van der Waals surface area contributed by atoms with Crippen LogP contribution in [0.5, 0.6) is 0 Å². The fourth-order valence-electron chi connectivity index (χ4n) is 1.91. The summed E-state index contributed by atoms with van der Waals surface area (Å²) in [6.07, 6.45) is 3.65. The summed E-state index contributed by atoms with van der Waals surface area (Å²) >= 11 is 1.86. The molecule has 2 saturated heterocycles. The molecular formula is C11H20N2OS. The number of amidine groups is 1. The molecule has 0 aromatic rings. The van der Waals surface area contributed by atoms with Gasteiger partial charge in [-0.25, -0.2) is 0 Å². The lowest BCUT2D eigenvalue weighted by atomic mass is 10.1. The van der Waals surface area contributed by atoms with Gasteiger partial charge in [-0.15, -0.1) is 0 Å². The van der Waals surface area contributed by atoms with E-state index in [1.54, 1.807) is 0 Å². The van der Waals surface area contributed by atoms with Gasteiger partial charge < -0.3 is 10.1 Å². The van der Waals surface area contributed by atoms with Crippen LogP contribution < -0.4 is 5.32 Å². The van der Waals surface area contributed by atoms with Crippen molar-refractivity contribution >= 4 is 16.9 Å². The van der Waals surface area contributed by atoms with Gasteiger partial charge in [0.05, 0.1) is 0 Å². The van der Waals surface area contributed by atoms with Crippen molar-refractivity contribution in [3.05, 3.63) is 0 Å². The first-order valence-corrected chi connectivity index (χ1v) is 6.84. The van der Waals surface area contributed by atoms with Crippen LogP contribution in [0.3, 0.4) is 0 Å². The molecule has 2 rings (SSSR count). The summed E-state index contributed by atoms with van der Waals surface area (Å²) in [4.78, 5) is 4.61. The Balaban J connectivity index is 1.68. The molecule has 0 spiro atoms. The summed E-state index contributed by atoms with van der Waals surface area (Å²) in [7, 11) is 0. The summed E-state index contributed by atoms with van der Waals surface area (Å²) in [6.45, 7) is 5.07. The molecule has 0 aromatic heterocycles. The monoisotopic (exact) mass is 228 g/mol. The fourth-order valence-corrected chi connectivity index (χ4v) is 3.04. The summed E-state index contributed by atoms with van der Waals surface area (Å²) in [5.41, 5.74) is 0. The zero-order valence-corrected chi connectivity index (χ0v) is 10.2. The molecule has 1 N–H and O–H groups in total.